The van der Waals surface area contributed by atoms with Crippen molar-refractivity contribution < 1.29 is 29.9 Å². The fraction of sp³-hybridized carbons (Fsp3) is 1.00. The molecule has 1 aliphatic rings. The van der Waals surface area contributed by atoms with Gasteiger partial charge in [-0.2, -0.15) is 16.8 Å². The zero-order chi connectivity index (χ0) is 15.3. The third-order valence-corrected chi connectivity index (χ3v) is 4.60. The summed E-state index contributed by atoms with van der Waals surface area (Å²) in [5, 5.41) is 0. The Balaban J connectivity index is 2.52. The third kappa shape index (κ3) is 7.53. The van der Waals surface area contributed by atoms with E-state index in [1.807, 2.05) is 0 Å². The summed E-state index contributed by atoms with van der Waals surface area (Å²) >= 11 is 0. The molecule has 0 aromatic heterocycles. The SMILES string of the molecule is CS(=O)(=O)OCCC1(CCOS(C)(=O)=O)CCOCC1. The quantitative estimate of drug-likeness (QED) is 0.598. The Morgan fingerprint density at radius 1 is 0.900 bits per heavy atom. The van der Waals surface area contributed by atoms with Crippen molar-refractivity contribution in [2.45, 2.75) is 25.7 Å². The molecule has 0 bridgehead atoms. The van der Waals surface area contributed by atoms with Crippen molar-refractivity contribution in [3.63, 3.8) is 0 Å². The zero-order valence-electron chi connectivity index (χ0n) is 11.8. The van der Waals surface area contributed by atoms with E-state index in [1.165, 1.54) is 0 Å². The van der Waals surface area contributed by atoms with Gasteiger partial charge < -0.3 is 4.74 Å². The van der Waals surface area contributed by atoms with Crippen LogP contribution in [0.4, 0.5) is 0 Å². The fourth-order valence-electron chi connectivity index (χ4n) is 2.25. The predicted octanol–water partition coefficient (Wildman–Crippen LogP) is 0.516. The van der Waals surface area contributed by atoms with E-state index in [-0.39, 0.29) is 18.6 Å². The molecule has 0 aromatic carbocycles. The molecule has 1 heterocycles. The average Bonchev–Trinajstić information content (AvgIpc) is 2.26. The van der Waals surface area contributed by atoms with Crippen LogP contribution in [0.5, 0.6) is 0 Å². The minimum Gasteiger partial charge on any atom is -0.381 e. The Bertz CT molecular complexity index is 449. The van der Waals surface area contributed by atoms with Crippen LogP contribution in [0.25, 0.3) is 0 Å². The van der Waals surface area contributed by atoms with Crippen LogP contribution < -0.4 is 0 Å². The summed E-state index contributed by atoms with van der Waals surface area (Å²) in [7, 11) is -6.91. The summed E-state index contributed by atoms with van der Waals surface area (Å²) in [5.74, 6) is 0. The Kier molecular flexibility index (Phi) is 6.39. The zero-order valence-corrected chi connectivity index (χ0v) is 13.5. The molecule has 0 N–H and O–H groups in total. The minimum atomic E-state index is -3.45. The van der Waals surface area contributed by atoms with Crippen molar-refractivity contribution in [1.82, 2.24) is 0 Å². The van der Waals surface area contributed by atoms with Gasteiger partial charge in [-0.05, 0) is 31.1 Å². The summed E-state index contributed by atoms with van der Waals surface area (Å²) in [6.07, 6.45) is 4.58. The van der Waals surface area contributed by atoms with Crippen LogP contribution in [-0.2, 0) is 33.3 Å². The van der Waals surface area contributed by atoms with Gasteiger partial charge in [-0.3, -0.25) is 8.37 Å². The van der Waals surface area contributed by atoms with E-state index in [0.717, 1.165) is 25.4 Å². The van der Waals surface area contributed by atoms with Crippen molar-refractivity contribution in [3.05, 3.63) is 0 Å². The van der Waals surface area contributed by atoms with E-state index >= 15 is 0 Å². The highest BCUT2D eigenvalue weighted by atomic mass is 32.2. The summed E-state index contributed by atoms with van der Waals surface area (Å²) in [4.78, 5) is 0. The van der Waals surface area contributed by atoms with Crippen molar-refractivity contribution in [2.24, 2.45) is 5.41 Å². The molecule has 0 spiro atoms. The van der Waals surface area contributed by atoms with Crippen molar-refractivity contribution in [3.8, 4) is 0 Å². The second-order valence-electron chi connectivity index (χ2n) is 5.16. The summed E-state index contributed by atoms with van der Waals surface area (Å²) in [6.45, 7) is 1.35. The molecule has 0 aliphatic carbocycles. The van der Waals surface area contributed by atoms with E-state index in [9.17, 15) is 16.8 Å². The van der Waals surface area contributed by atoms with Gasteiger partial charge in [-0.1, -0.05) is 0 Å². The lowest BCUT2D eigenvalue weighted by atomic mass is 9.75. The highest BCUT2D eigenvalue weighted by Gasteiger charge is 2.32. The molecular formula is C11H22O7S2. The second kappa shape index (κ2) is 7.17. The molecular weight excluding hydrogens is 308 g/mol. The number of hydrogen-bond donors (Lipinski definition) is 0. The van der Waals surface area contributed by atoms with Crippen LogP contribution in [0.2, 0.25) is 0 Å². The van der Waals surface area contributed by atoms with Gasteiger partial charge in [0.25, 0.3) is 20.2 Å². The smallest absolute Gasteiger partial charge is 0.264 e. The molecule has 1 saturated heterocycles. The van der Waals surface area contributed by atoms with Crippen LogP contribution in [0, 0.1) is 5.41 Å². The Morgan fingerprint density at radius 3 is 1.65 bits per heavy atom. The van der Waals surface area contributed by atoms with Crippen molar-refractivity contribution in [2.75, 3.05) is 38.9 Å². The van der Waals surface area contributed by atoms with E-state index in [1.54, 1.807) is 0 Å². The van der Waals surface area contributed by atoms with E-state index in [2.05, 4.69) is 0 Å². The first-order valence-electron chi connectivity index (χ1n) is 6.39. The molecule has 0 unspecified atom stereocenters. The molecule has 0 atom stereocenters. The van der Waals surface area contributed by atoms with Gasteiger partial charge in [0.2, 0.25) is 0 Å². The van der Waals surface area contributed by atoms with E-state index in [0.29, 0.717) is 26.1 Å². The largest absolute Gasteiger partial charge is 0.381 e. The Hall–Kier alpha value is -0.220. The van der Waals surface area contributed by atoms with Crippen molar-refractivity contribution in [1.29, 1.82) is 0 Å². The highest BCUT2D eigenvalue weighted by Crippen LogP contribution is 2.38. The van der Waals surface area contributed by atoms with Gasteiger partial charge in [0, 0.05) is 13.2 Å². The predicted molar refractivity (Wildman–Crippen MR) is 73.3 cm³/mol. The lowest BCUT2D eigenvalue weighted by Gasteiger charge is -2.37. The van der Waals surface area contributed by atoms with Gasteiger partial charge in [-0.25, -0.2) is 0 Å². The summed E-state index contributed by atoms with van der Waals surface area (Å²) < 4.78 is 58.7. The molecule has 1 aliphatic heterocycles. The van der Waals surface area contributed by atoms with Gasteiger partial charge >= 0.3 is 0 Å². The molecule has 0 radical (unpaired) electrons. The molecule has 0 saturated carbocycles. The average molecular weight is 330 g/mol. The molecule has 20 heavy (non-hydrogen) atoms. The van der Waals surface area contributed by atoms with Gasteiger partial charge in [0.15, 0.2) is 0 Å². The maximum Gasteiger partial charge on any atom is 0.264 e. The lowest BCUT2D eigenvalue weighted by molar-refractivity contribution is -0.00592. The molecule has 0 amide bonds. The topological polar surface area (TPSA) is 96.0 Å². The number of rotatable bonds is 8. The molecule has 120 valence electrons. The van der Waals surface area contributed by atoms with Crippen LogP contribution >= 0.6 is 0 Å². The highest BCUT2D eigenvalue weighted by molar-refractivity contribution is 7.86. The van der Waals surface area contributed by atoms with Gasteiger partial charge in [0.1, 0.15) is 0 Å². The minimum absolute atomic E-state index is 0.0949. The third-order valence-electron chi connectivity index (χ3n) is 3.41. The lowest BCUT2D eigenvalue weighted by Crippen LogP contribution is -2.32. The molecule has 9 heteroatoms. The number of ether oxygens (including phenoxy) is 1. The first kappa shape index (κ1) is 17.8. The number of hydrogen-bond acceptors (Lipinski definition) is 7. The summed E-state index contributed by atoms with van der Waals surface area (Å²) in [6, 6.07) is 0. The molecule has 1 fully saturated rings. The maximum absolute atomic E-state index is 11.0. The van der Waals surface area contributed by atoms with Crippen molar-refractivity contribution >= 4 is 20.2 Å². The second-order valence-corrected chi connectivity index (χ2v) is 8.45. The normalized spacial score (nSPS) is 19.9. The fourth-order valence-corrected chi connectivity index (χ4v) is 3.02. The Morgan fingerprint density at radius 2 is 1.30 bits per heavy atom. The molecule has 7 nitrogen and oxygen atoms in total. The van der Waals surface area contributed by atoms with Crippen LogP contribution in [0.3, 0.4) is 0 Å². The monoisotopic (exact) mass is 330 g/mol. The maximum atomic E-state index is 11.0. The first-order chi connectivity index (χ1) is 9.12. The summed E-state index contributed by atoms with van der Waals surface area (Å²) in [5.41, 5.74) is -0.187. The Labute approximate surface area is 120 Å². The van der Waals surface area contributed by atoms with Crippen LogP contribution in [-0.4, -0.2) is 55.8 Å². The molecule has 1 rings (SSSR count). The van der Waals surface area contributed by atoms with Gasteiger partial charge in [0.05, 0.1) is 25.7 Å². The van der Waals surface area contributed by atoms with Crippen LogP contribution in [0.15, 0.2) is 0 Å². The van der Waals surface area contributed by atoms with Gasteiger partial charge in [-0.15, -0.1) is 0 Å². The van der Waals surface area contributed by atoms with Crippen LogP contribution in [0.1, 0.15) is 25.7 Å². The standard InChI is InChI=1S/C11H22O7S2/c1-19(12,13)17-9-5-11(3-7-16-8-4-11)6-10-18-20(2,14)15/h3-10H2,1-2H3. The molecule has 0 aromatic rings. The van der Waals surface area contributed by atoms with E-state index in [4.69, 9.17) is 13.1 Å². The first-order valence-corrected chi connectivity index (χ1v) is 10.0. The van der Waals surface area contributed by atoms with E-state index < -0.39 is 20.2 Å².